The minimum Gasteiger partial charge on any atom is -0.305 e. The Morgan fingerprint density at radius 3 is 2.93 bits per heavy atom. The highest BCUT2D eigenvalue weighted by atomic mass is 35.5. The van der Waals surface area contributed by atoms with Crippen molar-refractivity contribution in [3.8, 4) is 0 Å². The Morgan fingerprint density at radius 1 is 1.47 bits per heavy atom. The first-order valence-corrected chi connectivity index (χ1v) is 5.62. The van der Waals surface area contributed by atoms with Crippen LogP contribution in [0.3, 0.4) is 0 Å². The molecule has 1 heterocycles. The normalized spacial score (nSPS) is 22.3. The molecule has 0 spiro atoms. The molecule has 1 atom stereocenters. The maximum absolute atomic E-state index is 13.9. The summed E-state index contributed by atoms with van der Waals surface area (Å²) in [5.74, 6) is -0.0110. The molecule has 0 aromatic heterocycles. The highest BCUT2D eigenvalue weighted by Crippen LogP contribution is 2.31. The van der Waals surface area contributed by atoms with Gasteiger partial charge in [0.05, 0.1) is 5.02 Å². The van der Waals surface area contributed by atoms with Gasteiger partial charge in [0.15, 0.2) is 0 Å². The zero-order chi connectivity index (χ0) is 11.0. The fourth-order valence-corrected chi connectivity index (χ4v) is 2.48. The third-order valence-electron chi connectivity index (χ3n) is 3.06. The molecule has 0 saturated heterocycles. The van der Waals surface area contributed by atoms with Gasteiger partial charge in [-0.3, -0.25) is 0 Å². The van der Waals surface area contributed by atoms with Crippen LogP contribution >= 0.6 is 11.6 Å². The highest BCUT2D eigenvalue weighted by Gasteiger charge is 2.22. The Balaban J connectivity index is 2.50. The molecule has 0 fully saturated rings. The van der Waals surface area contributed by atoms with Gasteiger partial charge in [0.25, 0.3) is 0 Å². The number of benzene rings is 1. The lowest BCUT2D eigenvalue weighted by atomic mass is 9.95. The van der Waals surface area contributed by atoms with Gasteiger partial charge in [0.1, 0.15) is 5.82 Å². The number of likely N-dealkylation sites (N-methyl/N-ethyl adjacent to an activating group) is 1. The molecular weight excluding hydrogens is 213 g/mol. The highest BCUT2D eigenvalue weighted by molar-refractivity contribution is 6.30. The van der Waals surface area contributed by atoms with Crippen molar-refractivity contribution in [2.45, 2.75) is 19.3 Å². The van der Waals surface area contributed by atoms with Crippen molar-refractivity contribution in [3.05, 3.63) is 34.1 Å². The monoisotopic (exact) mass is 227 g/mol. The molecule has 0 bridgehead atoms. The summed E-state index contributed by atoms with van der Waals surface area (Å²) in [6.45, 7) is 3.93. The molecule has 15 heavy (non-hydrogen) atoms. The van der Waals surface area contributed by atoms with Gasteiger partial charge in [0.2, 0.25) is 0 Å². The first-order valence-electron chi connectivity index (χ1n) is 5.25. The number of halogens is 2. The van der Waals surface area contributed by atoms with Gasteiger partial charge in [-0.25, -0.2) is 4.39 Å². The van der Waals surface area contributed by atoms with E-state index in [-0.39, 0.29) is 16.8 Å². The number of rotatable bonds is 0. The van der Waals surface area contributed by atoms with Crippen LogP contribution in [0.15, 0.2) is 12.1 Å². The molecule has 1 aromatic rings. The first kappa shape index (κ1) is 10.9. The van der Waals surface area contributed by atoms with E-state index >= 15 is 0 Å². The topological polar surface area (TPSA) is 3.24 Å². The van der Waals surface area contributed by atoms with E-state index in [1.165, 1.54) is 0 Å². The second-order valence-electron chi connectivity index (χ2n) is 4.35. The summed E-state index contributed by atoms with van der Waals surface area (Å²) >= 11 is 5.81. The second kappa shape index (κ2) is 4.11. The second-order valence-corrected chi connectivity index (χ2v) is 4.75. The zero-order valence-corrected chi connectivity index (χ0v) is 9.81. The van der Waals surface area contributed by atoms with Crippen molar-refractivity contribution in [3.63, 3.8) is 0 Å². The van der Waals surface area contributed by atoms with Crippen molar-refractivity contribution in [2.75, 3.05) is 20.1 Å². The fourth-order valence-electron chi connectivity index (χ4n) is 2.32. The molecule has 0 amide bonds. The lowest BCUT2D eigenvalue weighted by molar-refractivity contribution is 0.330. The molecule has 1 nitrogen and oxygen atoms in total. The summed E-state index contributed by atoms with van der Waals surface area (Å²) in [6.07, 6.45) is 0.907. The maximum atomic E-state index is 13.9. The lowest BCUT2D eigenvalue weighted by Gasteiger charge is -2.17. The van der Waals surface area contributed by atoms with Crippen molar-refractivity contribution in [1.29, 1.82) is 0 Å². The van der Waals surface area contributed by atoms with Gasteiger partial charge >= 0.3 is 0 Å². The predicted octanol–water partition coefficient (Wildman–Crippen LogP) is 3.07. The number of nitrogens with zero attached hydrogens (tertiary/aromatic N) is 1. The van der Waals surface area contributed by atoms with E-state index in [1.54, 1.807) is 6.07 Å². The minimum atomic E-state index is -0.225. The maximum Gasteiger partial charge on any atom is 0.145 e. The van der Waals surface area contributed by atoms with Crippen LogP contribution in [0.5, 0.6) is 0 Å². The van der Waals surface area contributed by atoms with Crippen LogP contribution in [0.2, 0.25) is 5.02 Å². The Hall–Kier alpha value is -0.600. The first-order chi connectivity index (χ1) is 7.09. The van der Waals surface area contributed by atoms with E-state index in [9.17, 15) is 4.39 Å². The summed E-state index contributed by atoms with van der Waals surface area (Å²) in [5.41, 5.74) is 1.92. The summed E-state index contributed by atoms with van der Waals surface area (Å²) in [5, 5.41) is 0.241. The van der Waals surface area contributed by atoms with E-state index in [0.717, 1.165) is 30.6 Å². The molecule has 1 unspecified atom stereocenters. The van der Waals surface area contributed by atoms with Crippen LogP contribution in [-0.4, -0.2) is 25.0 Å². The van der Waals surface area contributed by atoms with Gasteiger partial charge < -0.3 is 4.90 Å². The SMILES string of the molecule is CC1CN(C)CCc2ccc(Cl)c(F)c21. The molecule has 0 radical (unpaired) electrons. The van der Waals surface area contributed by atoms with E-state index in [1.807, 2.05) is 6.07 Å². The minimum absolute atomic E-state index is 0.214. The largest absolute Gasteiger partial charge is 0.305 e. The molecule has 0 N–H and O–H groups in total. The van der Waals surface area contributed by atoms with Gasteiger partial charge in [0, 0.05) is 13.1 Å². The van der Waals surface area contributed by atoms with E-state index < -0.39 is 0 Å². The molecule has 2 rings (SSSR count). The van der Waals surface area contributed by atoms with Crippen molar-refractivity contribution >= 4 is 11.6 Å². The number of fused-ring (bicyclic) bond motifs is 1. The van der Waals surface area contributed by atoms with Crippen LogP contribution in [0, 0.1) is 5.82 Å². The fraction of sp³-hybridized carbons (Fsp3) is 0.500. The van der Waals surface area contributed by atoms with Gasteiger partial charge in [-0.2, -0.15) is 0 Å². The predicted molar refractivity (Wildman–Crippen MR) is 61.0 cm³/mol. The average Bonchev–Trinajstić information content (AvgIpc) is 2.32. The van der Waals surface area contributed by atoms with Gasteiger partial charge in [-0.1, -0.05) is 24.6 Å². The Morgan fingerprint density at radius 2 is 2.20 bits per heavy atom. The van der Waals surface area contributed by atoms with Crippen LogP contribution in [-0.2, 0) is 6.42 Å². The van der Waals surface area contributed by atoms with E-state index in [4.69, 9.17) is 11.6 Å². The number of hydrogen-bond acceptors (Lipinski definition) is 1. The van der Waals surface area contributed by atoms with Gasteiger partial charge in [-0.05, 0) is 36.6 Å². The van der Waals surface area contributed by atoms with E-state index in [0.29, 0.717) is 0 Å². The molecule has 1 aliphatic heterocycles. The molecular formula is C12H15ClFN. The van der Waals surface area contributed by atoms with Crippen LogP contribution < -0.4 is 0 Å². The molecule has 0 saturated carbocycles. The van der Waals surface area contributed by atoms with E-state index in [2.05, 4.69) is 18.9 Å². The third kappa shape index (κ3) is 2.01. The average molecular weight is 228 g/mol. The van der Waals surface area contributed by atoms with Crippen LogP contribution in [0.25, 0.3) is 0 Å². The number of hydrogen-bond donors (Lipinski definition) is 0. The third-order valence-corrected chi connectivity index (χ3v) is 3.36. The Bertz CT molecular complexity index is 378. The summed E-state index contributed by atoms with van der Waals surface area (Å²) in [6, 6.07) is 3.62. The molecule has 1 aliphatic rings. The van der Waals surface area contributed by atoms with Gasteiger partial charge in [-0.15, -0.1) is 0 Å². The quantitative estimate of drug-likeness (QED) is 0.659. The summed E-state index contributed by atoms with van der Waals surface area (Å²) in [7, 11) is 2.07. The summed E-state index contributed by atoms with van der Waals surface area (Å²) in [4.78, 5) is 2.23. The Kier molecular flexibility index (Phi) is 2.98. The lowest BCUT2D eigenvalue weighted by Crippen LogP contribution is -2.22. The van der Waals surface area contributed by atoms with Crippen molar-refractivity contribution < 1.29 is 4.39 Å². The Labute approximate surface area is 94.8 Å². The molecule has 1 aromatic carbocycles. The smallest absolute Gasteiger partial charge is 0.145 e. The molecule has 82 valence electrons. The van der Waals surface area contributed by atoms with Crippen LogP contribution in [0.1, 0.15) is 24.0 Å². The van der Waals surface area contributed by atoms with Crippen molar-refractivity contribution in [1.82, 2.24) is 4.90 Å². The standard InChI is InChI=1S/C12H15ClFN/c1-8-7-15(2)6-5-9-3-4-10(13)12(14)11(8)9/h3-4,8H,5-7H2,1-2H3. The molecule has 3 heteroatoms. The summed E-state index contributed by atoms with van der Waals surface area (Å²) < 4.78 is 13.9. The van der Waals surface area contributed by atoms with Crippen LogP contribution in [0.4, 0.5) is 4.39 Å². The molecule has 0 aliphatic carbocycles. The zero-order valence-electron chi connectivity index (χ0n) is 9.06. The van der Waals surface area contributed by atoms with Crippen molar-refractivity contribution in [2.24, 2.45) is 0 Å².